The fourth-order valence-corrected chi connectivity index (χ4v) is 6.69. The van der Waals surface area contributed by atoms with Gasteiger partial charge in [-0.1, -0.05) is 11.6 Å². The number of anilines is 1. The van der Waals surface area contributed by atoms with Gasteiger partial charge in [0, 0.05) is 18.8 Å². The van der Waals surface area contributed by atoms with Crippen LogP contribution in [0.5, 0.6) is 0 Å². The van der Waals surface area contributed by atoms with E-state index in [1.807, 2.05) is 12.3 Å². The zero-order chi connectivity index (χ0) is 18.2. The molecule has 144 valence electrons. The molecular weight excluding hydrogens is 364 g/mol. The molecule has 0 amide bonds. The number of rotatable bonds is 3. The highest BCUT2D eigenvalue weighted by Crippen LogP contribution is 2.56. The minimum atomic E-state index is -0.422. The van der Waals surface area contributed by atoms with Crippen molar-refractivity contribution in [2.24, 2.45) is 17.8 Å². The van der Waals surface area contributed by atoms with Gasteiger partial charge in [-0.05, 0) is 62.3 Å². The summed E-state index contributed by atoms with van der Waals surface area (Å²) in [5.74, 6) is 2.33. The zero-order valence-electron chi connectivity index (χ0n) is 15.3. The Kier molecular flexibility index (Phi) is 3.57. The highest BCUT2D eigenvalue weighted by molar-refractivity contribution is 6.34. The van der Waals surface area contributed by atoms with E-state index in [1.54, 1.807) is 0 Å². The number of fused-ring (bicyclic) bond motifs is 1. The fraction of sp³-hybridized carbons (Fsp3) is 0.700. The number of hydrogen-bond acceptors (Lipinski definition) is 5. The second-order valence-electron chi connectivity index (χ2n) is 9.18. The van der Waals surface area contributed by atoms with Gasteiger partial charge in [-0.15, -0.1) is 0 Å². The fourth-order valence-electron chi connectivity index (χ4n) is 6.46. The van der Waals surface area contributed by atoms with Crippen molar-refractivity contribution in [3.63, 3.8) is 0 Å². The number of aliphatic hydroxyl groups is 1. The van der Waals surface area contributed by atoms with Crippen LogP contribution < -0.4 is 5.32 Å². The van der Waals surface area contributed by atoms with E-state index in [1.165, 1.54) is 12.8 Å². The second-order valence-corrected chi connectivity index (χ2v) is 9.54. The van der Waals surface area contributed by atoms with Crippen LogP contribution in [-0.2, 0) is 4.74 Å². The van der Waals surface area contributed by atoms with Gasteiger partial charge in [-0.3, -0.25) is 0 Å². The molecule has 0 aromatic carbocycles. The third kappa shape index (κ3) is 2.60. The summed E-state index contributed by atoms with van der Waals surface area (Å²) in [6.45, 7) is 1.52. The normalized spacial score (nSPS) is 40.1. The largest absolute Gasteiger partial charge is 0.390 e. The first kappa shape index (κ1) is 16.6. The maximum absolute atomic E-state index is 10.8. The molecule has 4 aliphatic carbocycles. The maximum Gasteiger partial charge on any atom is 0.226 e. The zero-order valence-corrected chi connectivity index (χ0v) is 16.0. The summed E-state index contributed by atoms with van der Waals surface area (Å²) in [5.41, 5.74) is 0.462. The average Bonchev–Trinajstić information content (AvgIpc) is 3.26. The van der Waals surface area contributed by atoms with Crippen LogP contribution in [-0.4, -0.2) is 44.5 Å². The molecule has 2 aromatic rings. The van der Waals surface area contributed by atoms with Crippen molar-refractivity contribution in [1.82, 2.24) is 14.5 Å². The highest BCUT2D eigenvalue weighted by atomic mass is 35.5. The van der Waals surface area contributed by atoms with E-state index in [-0.39, 0.29) is 0 Å². The van der Waals surface area contributed by atoms with Crippen LogP contribution in [0, 0.1) is 17.8 Å². The van der Waals surface area contributed by atoms with Crippen LogP contribution >= 0.6 is 11.6 Å². The Hall–Kier alpha value is -1.37. The van der Waals surface area contributed by atoms with E-state index < -0.39 is 5.60 Å². The van der Waals surface area contributed by atoms with Gasteiger partial charge in [0.25, 0.3) is 0 Å². The molecule has 0 spiro atoms. The minimum Gasteiger partial charge on any atom is -0.390 e. The molecule has 4 saturated carbocycles. The summed E-state index contributed by atoms with van der Waals surface area (Å²) in [4.78, 5) is 9.39. The summed E-state index contributed by atoms with van der Waals surface area (Å²) < 4.78 is 7.73. The second kappa shape index (κ2) is 5.82. The molecule has 6 nitrogen and oxygen atoms in total. The van der Waals surface area contributed by atoms with Gasteiger partial charge in [-0.2, -0.15) is 4.98 Å². The van der Waals surface area contributed by atoms with E-state index in [9.17, 15) is 5.11 Å². The molecule has 3 heterocycles. The van der Waals surface area contributed by atoms with Crippen LogP contribution in [0.4, 0.5) is 5.95 Å². The standard InChI is InChI=1S/C20H25ClN4O2/c21-17-15-1-3-25(14-2-4-27-10-14)18(15)24-19(23-17)22-16-12-5-11-6-13(16)9-20(26,7-11)8-12/h1,3,11-14,16,26H,2,4-10H2,(H,22,23,24)/t11?,12?,13?,14-,16?,20?/m0/s1. The number of aromatic nitrogens is 3. The topological polar surface area (TPSA) is 72.2 Å². The molecule has 2 aromatic heterocycles. The Labute approximate surface area is 163 Å². The number of nitrogens with zero attached hydrogens (tertiary/aromatic N) is 3. The number of ether oxygens (including phenoxy) is 1. The van der Waals surface area contributed by atoms with Crippen LogP contribution in [0.2, 0.25) is 5.15 Å². The van der Waals surface area contributed by atoms with Gasteiger partial charge in [0.2, 0.25) is 5.95 Å². The van der Waals surface area contributed by atoms with E-state index in [2.05, 4.69) is 14.9 Å². The lowest BCUT2D eigenvalue weighted by Crippen LogP contribution is -2.59. The molecule has 27 heavy (non-hydrogen) atoms. The van der Waals surface area contributed by atoms with E-state index in [0.717, 1.165) is 49.9 Å². The molecule has 5 fully saturated rings. The minimum absolute atomic E-state index is 0.316. The lowest BCUT2D eigenvalue weighted by Gasteiger charge is -2.58. The van der Waals surface area contributed by atoms with Crippen LogP contribution in [0.15, 0.2) is 12.3 Å². The summed E-state index contributed by atoms with van der Waals surface area (Å²) in [5, 5.41) is 15.8. The molecule has 1 saturated heterocycles. The first-order valence-corrected chi connectivity index (χ1v) is 10.6. The van der Waals surface area contributed by atoms with Crippen molar-refractivity contribution in [1.29, 1.82) is 0 Å². The highest BCUT2D eigenvalue weighted by Gasteiger charge is 2.54. The summed E-state index contributed by atoms with van der Waals surface area (Å²) >= 11 is 6.50. The monoisotopic (exact) mass is 388 g/mol. The Morgan fingerprint density at radius 3 is 2.74 bits per heavy atom. The maximum atomic E-state index is 10.8. The van der Waals surface area contributed by atoms with Gasteiger partial charge >= 0.3 is 0 Å². The van der Waals surface area contributed by atoms with E-state index in [4.69, 9.17) is 21.3 Å². The van der Waals surface area contributed by atoms with Crippen molar-refractivity contribution < 1.29 is 9.84 Å². The molecule has 7 rings (SSSR count). The van der Waals surface area contributed by atoms with Crippen LogP contribution in [0.25, 0.3) is 11.0 Å². The first-order valence-electron chi connectivity index (χ1n) is 10.2. The SMILES string of the molecule is OC12CC3CC(C1)C(Nc1nc(Cl)c4ccn([C@H]5CCOC5)c4n1)C(C3)C2. The molecule has 3 atom stereocenters. The summed E-state index contributed by atoms with van der Waals surface area (Å²) in [7, 11) is 0. The number of hydrogen-bond donors (Lipinski definition) is 2. The van der Waals surface area contributed by atoms with Gasteiger partial charge in [0.05, 0.1) is 23.6 Å². The molecule has 1 aliphatic heterocycles. The molecule has 0 radical (unpaired) electrons. The van der Waals surface area contributed by atoms with Crippen LogP contribution in [0.1, 0.15) is 44.6 Å². The van der Waals surface area contributed by atoms with Gasteiger partial charge < -0.3 is 19.7 Å². The molecular formula is C20H25ClN4O2. The molecule has 7 heteroatoms. The van der Waals surface area contributed by atoms with Gasteiger partial charge in [0.15, 0.2) is 0 Å². The third-order valence-corrected chi connectivity index (χ3v) is 7.65. The molecule has 5 aliphatic rings. The Morgan fingerprint density at radius 1 is 1.22 bits per heavy atom. The third-order valence-electron chi connectivity index (χ3n) is 7.36. The van der Waals surface area contributed by atoms with Gasteiger partial charge in [0.1, 0.15) is 10.8 Å². The predicted octanol–water partition coefficient (Wildman–Crippen LogP) is 3.40. The predicted molar refractivity (Wildman–Crippen MR) is 103 cm³/mol. The Bertz CT molecular complexity index is 877. The summed E-state index contributed by atoms with van der Waals surface area (Å²) in [6, 6.07) is 2.66. The average molecular weight is 389 g/mol. The van der Waals surface area contributed by atoms with Crippen molar-refractivity contribution in [2.75, 3.05) is 18.5 Å². The quantitative estimate of drug-likeness (QED) is 0.788. The Morgan fingerprint density at radius 2 is 2.04 bits per heavy atom. The van der Waals surface area contributed by atoms with E-state index >= 15 is 0 Å². The van der Waals surface area contributed by atoms with Crippen molar-refractivity contribution in [3.8, 4) is 0 Å². The Balaban J connectivity index is 1.32. The molecule has 4 bridgehead atoms. The summed E-state index contributed by atoms with van der Waals surface area (Å²) in [6.07, 6.45) is 8.28. The molecule has 2 N–H and O–H groups in total. The van der Waals surface area contributed by atoms with Crippen LogP contribution in [0.3, 0.4) is 0 Å². The lowest BCUT2D eigenvalue weighted by molar-refractivity contribution is -0.129. The first-order chi connectivity index (χ1) is 13.1. The van der Waals surface area contributed by atoms with Crippen molar-refractivity contribution in [3.05, 3.63) is 17.4 Å². The number of halogens is 1. The van der Waals surface area contributed by atoms with Gasteiger partial charge in [-0.25, -0.2) is 4.98 Å². The molecule has 2 unspecified atom stereocenters. The lowest BCUT2D eigenvalue weighted by atomic mass is 9.52. The van der Waals surface area contributed by atoms with E-state index in [0.29, 0.717) is 40.9 Å². The van der Waals surface area contributed by atoms with Crippen molar-refractivity contribution >= 4 is 28.6 Å². The smallest absolute Gasteiger partial charge is 0.226 e. The van der Waals surface area contributed by atoms with Crippen molar-refractivity contribution in [2.45, 2.75) is 56.2 Å². The number of nitrogens with one attached hydrogen (secondary N) is 1.